The SMILES string of the molecule is COc1cccc(C(NC(=O)c2cc3ccccc3n2Cc2ccccc2F)c2nccn2C)c1. The van der Waals surface area contributed by atoms with Gasteiger partial charge in [-0.1, -0.05) is 48.5 Å². The normalized spacial score (nSPS) is 12.0. The van der Waals surface area contributed by atoms with E-state index >= 15 is 0 Å². The molecule has 1 unspecified atom stereocenters. The van der Waals surface area contributed by atoms with E-state index in [1.54, 1.807) is 31.5 Å². The fourth-order valence-electron chi connectivity index (χ4n) is 4.34. The summed E-state index contributed by atoms with van der Waals surface area (Å²) in [6.45, 7) is 0.231. The number of methoxy groups -OCH3 is 1. The van der Waals surface area contributed by atoms with Crippen LogP contribution in [0.3, 0.4) is 0 Å². The first-order valence-corrected chi connectivity index (χ1v) is 11.3. The zero-order valence-electron chi connectivity index (χ0n) is 19.5. The van der Waals surface area contributed by atoms with Gasteiger partial charge in [-0.15, -0.1) is 0 Å². The number of amides is 1. The van der Waals surface area contributed by atoms with Gasteiger partial charge in [0.2, 0.25) is 0 Å². The van der Waals surface area contributed by atoms with Crippen molar-refractivity contribution in [2.75, 3.05) is 7.11 Å². The van der Waals surface area contributed by atoms with Gasteiger partial charge >= 0.3 is 0 Å². The molecule has 0 fully saturated rings. The highest BCUT2D eigenvalue weighted by Crippen LogP contribution is 2.27. The molecule has 3 aromatic carbocycles. The van der Waals surface area contributed by atoms with Crippen LogP contribution >= 0.6 is 0 Å². The first kappa shape index (κ1) is 22.4. The van der Waals surface area contributed by atoms with Gasteiger partial charge in [-0.2, -0.15) is 0 Å². The molecule has 0 saturated carbocycles. The molecular formula is C28H25FN4O2. The van der Waals surface area contributed by atoms with Crippen molar-refractivity contribution in [3.05, 3.63) is 120 Å². The van der Waals surface area contributed by atoms with Crippen molar-refractivity contribution >= 4 is 16.8 Å². The first-order chi connectivity index (χ1) is 17.0. The number of carbonyl (C=O) groups excluding carboxylic acids is 1. The Labute approximate surface area is 202 Å². The van der Waals surface area contributed by atoms with Gasteiger partial charge in [0.05, 0.1) is 13.7 Å². The van der Waals surface area contributed by atoms with Crippen LogP contribution in [0.25, 0.3) is 10.9 Å². The number of para-hydroxylation sites is 1. The number of ether oxygens (including phenoxy) is 1. The van der Waals surface area contributed by atoms with Gasteiger partial charge in [-0.05, 0) is 35.9 Å². The second kappa shape index (κ2) is 9.46. The summed E-state index contributed by atoms with van der Waals surface area (Å²) in [5.74, 6) is 0.778. The zero-order chi connectivity index (χ0) is 24.4. The highest BCUT2D eigenvalue weighted by molar-refractivity contribution is 5.99. The fourth-order valence-corrected chi connectivity index (χ4v) is 4.34. The Hall–Kier alpha value is -4.39. The Bertz CT molecular complexity index is 1500. The minimum absolute atomic E-state index is 0.231. The van der Waals surface area contributed by atoms with Crippen molar-refractivity contribution < 1.29 is 13.9 Å². The van der Waals surface area contributed by atoms with Crippen LogP contribution in [0.4, 0.5) is 4.39 Å². The molecule has 2 heterocycles. The fraction of sp³-hybridized carbons (Fsp3) is 0.143. The number of benzene rings is 3. The zero-order valence-corrected chi connectivity index (χ0v) is 19.5. The minimum Gasteiger partial charge on any atom is -0.497 e. The summed E-state index contributed by atoms with van der Waals surface area (Å²) in [5.41, 5.74) is 2.65. The molecule has 6 nitrogen and oxygen atoms in total. The molecule has 5 rings (SSSR count). The van der Waals surface area contributed by atoms with Crippen LogP contribution in [0.2, 0.25) is 0 Å². The lowest BCUT2D eigenvalue weighted by atomic mass is 10.1. The van der Waals surface area contributed by atoms with Crippen LogP contribution in [0.1, 0.15) is 33.5 Å². The molecule has 5 aromatic rings. The number of hydrogen-bond acceptors (Lipinski definition) is 3. The standard InChI is InChI=1S/C28H25FN4O2/c1-32-15-14-30-27(32)26(20-10-7-11-22(16-20)35-2)31-28(34)25-17-19-8-4-6-13-24(19)33(25)18-21-9-3-5-12-23(21)29/h3-17,26H,18H2,1-2H3,(H,31,34). The lowest BCUT2D eigenvalue weighted by Gasteiger charge is -2.20. The van der Waals surface area contributed by atoms with Crippen molar-refractivity contribution in [1.29, 1.82) is 0 Å². The monoisotopic (exact) mass is 468 g/mol. The average Bonchev–Trinajstić information content (AvgIpc) is 3.47. The number of halogens is 1. The van der Waals surface area contributed by atoms with Gasteiger partial charge in [0.15, 0.2) is 0 Å². The summed E-state index contributed by atoms with van der Waals surface area (Å²) in [7, 11) is 3.49. The number of aryl methyl sites for hydroxylation is 1. The van der Waals surface area contributed by atoms with Crippen molar-refractivity contribution in [3.63, 3.8) is 0 Å². The largest absolute Gasteiger partial charge is 0.497 e. The maximum Gasteiger partial charge on any atom is 0.268 e. The number of nitrogens with one attached hydrogen (secondary N) is 1. The van der Waals surface area contributed by atoms with Crippen LogP contribution in [0.5, 0.6) is 5.75 Å². The van der Waals surface area contributed by atoms with Crippen molar-refractivity contribution in [2.24, 2.45) is 7.05 Å². The van der Waals surface area contributed by atoms with Crippen LogP contribution in [0.15, 0.2) is 91.3 Å². The van der Waals surface area contributed by atoms with E-state index in [-0.39, 0.29) is 18.3 Å². The molecule has 2 aromatic heterocycles. The highest BCUT2D eigenvalue weighted by atomic mass is 19.1. The summed E-state index contributed by atoms with van der Waals surface area (Å²) in [6.07, 6.45) is 3.54. The van der Waals surface area contributed by atoms with E-state index < -0.39 is 6.04 Å². The molecule has 0 aliphatic rings. The Morgan fingerprint density at radius 3 is 2.63 bits per heavy atom. The van der Waals surface area contributed by atoms with E-state index in [9.17, 15) is 9.18 Å². The Kier molecular flexibility index (Phi) is 6.06. The van der Waals surface area contributed by atoms with E-state index in [4.69, 9.17) is 4.74 Å². The average molecular weight is 469 g/mol. The maximum absolute atomic E-state index is 14.5. The third-order valence-electron chi connectivity index (χ3n) is 6.15. The van der Waals surface area contributed by atoms with Crippen molar-refractivity contribution in [1.82, 2.24) is 19.4 Å². The summed E-state index contributed by atoms with van der Waals surface area (Å²) >= 11 is 0. The van der Waals surface area contributed by atoms with Crippen LogP contribution in [-0.4, -0.2) is 27.1 Å². The third kappa shape index (κ3) is 4.40. The molecule has 35 heavy (non-hydrogen) atoms. The van der Waals surface area contributed by atoms with Gasteiger partial charge in [0.1, 0.15) is 29.1 Å². The van der Waals surface area contributed by atoms with Crippen LogP contribution in [-0.2, 0) is 13.6 Å². The Morgan fingerprint density at radius 1 is 1.06 bits per heavy atom. The molecule has 1 atom stereocenters. The van der Waals surface area contributed by atoms with Gasteiger partial charge in [0, 0.05) is 35.9 Å². The van der Waals surface area contributed by atoms with Crippen LogP contribution < -0.4 is 10.1 Å². The highest BCUT2D eigenvalue weighted by Gasteiger charge is 2.24. The summed E-state index contributed by atoms with van der Waals surface area (Å²) in [4.78, 5) is 18.3. The number of imidazole rings is 1. The van der Waals surface area contributed by atoms with E-state index in [0.29, 0.717) is 22.8 Å². The second-order valence-electron chi connectivity index (χ2n) is 8.35. The smallest absolute Gasteiger partial charge is 0.268 e. The van der Waals surface area contributed by atoms with E-state index in [2.05, 4.69) is 10.3 Å². The molecule has 7 heteroatoms. The first-order valence-electron chi connectivity index (χ1n) is 11.3. The number of fused-ring (bicyclic) bond motifs is 1. The Balaban J connectivity index is 1.57. The second-order valence-corrected chi connectivity index (χ2v) is 8.35. The summed E-state index contributed by atoms with van der Waals surface area (Å²) < 4.78 is 23.6. The number of nitrogens with zero attached hydrogens (tertiary/aromatic N) is 3. The quantitative estimate of drug-likeness (QED) is 0.362. The van der Waals surface area contributed by atoms with E-state index in [0.717, 1.165) is 16.5 Å². The lowest BCUT2D eigenvalue weighted by Crippen LogP contribution is -2.32. The maximum atomic E-state index is 14.5. The van der Waals surface area contributed by atoms with E-state index in [1.807, 2.05) is 77.0 Å². The topological polar surface area (TPSA) is 61.1 Å². The third-order valence-corrected chi connectivity index (χ3v) is 6.15. The molecule has 0 bridgehead atoms. The molecule has 0 aliphatic heterocycles. The van der Waals surface area contributed by atoms with Gasteiger partial charge in [-0.25, -0.2) is 9.37 Å². The number of hydrogen-bond donors (Lipinski definition) is 1. The predicted molar refractivity (Wildman–Crippen MR) is 133 cm³/mol. The minimum atomic E-state index is -0.516. The van der Waals surface area contributed by atoms with E-state index in [1.165, 1.54) is 6.07 Å². The Morgan fingerprint density at radius 2 is 1.86 bits per heavy atom. The molecule has 1 N–H and O–H groups in total. The molecule has 0 aliphatic carbocycles. The lowest BCUT2D eigenvalue weighted by molar-refractivity contribution is 0.0932. The molecule has 176 valence electrons. The van der Waals surface area contributed by atoms with Crippen molar-refractivity contribution in [2.45, 2.75) is 12.6 Å². The number of aromatic nitrogens is 3. The summed E-state index contributed by atoms with van der Waals surface area (Å²) in [5, 5.41) is 4.06. The van der Waals surface area contributed by atoms with Crippen molar-refractivity contribution in [3.8, 4) is 5.75 Å². The number of carbonyl (C=O) groups is 1. The molecule has 0 radical (unpaired) electrons. The van der Waals surface area contributed by atoms with Crippen LogP contribution in [0, 0.1) is 5.82 Å². The van der Waals surface area contributed by atoms with Gasteiger partial charge < -0.3 is 19.2 Å². The molecule has 0 spiro atoms. The predicted octanol–water partition coefficient (Wildman–Crippen LogP) is 5.09. The van der Waals surface area contributed by atoms with Gasteiger partial charge in [0.25, 0.3) is 5.91 Å². The summed E-state index contributed by atoms with van der Waals surface area (Å²) in [6, 6.07) is 23.2. The molecule has 1 amide bonds. The molecule has 0 saturated heterocycles. The van der Waals surface area contributed by atoms with Gasteiger partial charge in [-0.3, -0.25) is 4.79 Å². The number of rotatable bonds is 7. The molecular weight excluding hydrogens is 443 g/mol.